The first kappa shape index (κ1) is 16.5. The van der Waals surface area contributed by atoms with Gasteiger partial charge >= 0.3 is 0 Å². The molecule has 3 aliphatic rings. The van der Waals surface area contributed by atoms with Gasteiger partial charge in [-0.2, -0.15) is 0 Å². The molecule has 0 aliphatic heterocycles. The molecule has 3 saturated carbocycles. The van der Waals surface area contributed by atoms with Crippen molar-refractivity contribution in [2.24, 2.45) is 23.2 Å². The van der Waals surface area contributed by atoms with Gasteiger partial charge < -0.3 is 5.11 Å². The van der Waals surface area contributed by atoms with Crippen LogP contribution in [0.25, 0.3) is 0 Å². The summed E-state index contributed by atoms with van der Waals surface area (Å²) in [6.45, 7) is 4.80. The van der Waals surface area contributed by atoms with E-state index in [-0.39, 0.29) is 11.0 Å². The summed E-state index contributed by atoms with van der Waals surface area (Å²) in [4.78, 5) is 12.2. The number of fused-ring (bicyclic) bond motifs is 1. The van der Waals surface area contributed by atoms with Crippen LogP contribution >= 0.6 is 0 Å². The molecule has 3 fully saturated rings. The van der Waals surface area contributed by atoms with Gasteiger partial charge in [0.2, 0.25) is 0 Å². The third-order valence-corrected chi connectivity index (χ3v) is 7.46. The Morgan fingerprint density at radius 2 is 1.91 bits per heavy atom. The van der Waals surface area contributed by atoms with Crippen LogP contribution in [0.3, 0.4) is 0 Å². The molecule has 0 saturated heterocycles. The minimum atomic E-state index is -0.345. The van der Waals surface area contributed by atoms with Gasteiger partial charge in [0.15, 0.2) is 0 Å². The van der Waals surface area contributed by atoms with E-state index in [1.807, 2.05) is 0 Å². The number of ketones is 1. The fraction of sp³-hybridized carbons (Fsp3) is 0.950. The first-order valence-electron chi connectivity index (χ1n) is 9.70. The highest BCUT2D eigenvalue weighted by Crippen LogP contribution is 2.57. The minimum absolute atomic E-state index is 0.277. The lowest BCUT2D eigenvalue weighted by Gasteiger charge is -2.42. The standard InChI is InChI=1S/C20H34O2/c1-15(7-5-14-20(22)12-3-4-13-20)16-9-10-17-18(21)8-6-11-19(16,17)2/h15-17,22H,3-14H2,1-2H3/t15-,16?,17-,19+/m0/s1. The highest BCUT2D eigenvalue weighted by atomic mass is 16.3. The summed E-state index contributed by atoms with van der Waals surface area (Å²) < 4.78 is 0. The Labute approximate surface area is 136 Å². The third-order valence-electron chi connectivity index (χ3n) is 7.46. The first-order valence-corrected chi connectivity index (χ1v) is 9.70. The molecule has 0 aromatic heterocycles. The molecule has 0 spiro atoms. The molecule has 0 aromatic rings. The molecule has 1 unspecified atom stereocenters. The van der Waals surface area contributed by atoms with Gasteiger partial charge in [0.05, 0.1) is 5.60 Å². The first-order chi connectivity index (χ1) is 10.4. The van der Waals surface area contributed by atoms with E-state index in [9.17, 15) is 9.90 Å². The zero-order valence-corrected chi connectivity index (χ0v) is 14.6. The number of carbonyl (C=O) groups is 1. The highest BCUT2D eigenvalue weighted by molar-refractivity contribution is 5.83. The molecular formula is C20H34O2. The number of carbonyl (C=O) groups excluding carboxylic acids is 1. The van der Waals surface area contributed by atoms with Gasteiger partial charge in [0.25, 0.3) is 0 Å². The molecule has 1 N–H and O–H groups in total. The van der Waals surface area contributed by atoms with E-state index in [0.717, 1.165) is 50.9 Å². The topological polar surface area (TPSA) is 37.3 Å². The Balaban J connectivity index is 1.54. The monoisotopic (exact) mass is 306 g/mol. The molecule has 4 atom stereocenters. The predicted molar refractivity (Wildman–Crippen MR) is 89.6 cm³/mol. The molecule has 3 aliphatic carbocycles. The molecule has 0 radical (unpaired) electrons. The molecule has 22 heavy (non-hydrogen) atoms. The van der Waals surface area contributed by atoms with Gasteiger partial charge in [-0.15, -0.1) is 0 Å². The van der Waals surface area contributed by atoms with Gasteiger partial charge in [-0.1, -0.05) is 39.5 Å². The fourth-order valence-corrected chi connectivity index (χ4v) is 6.14. The van der Waals surface area contributed by atoms with Crippen molar-refractivity contribution in [2.45, 2.75) is 96.5 Å². The molecule has 2 heteroatoms. The Kier molecular flexibility index (Phi) is 4.69. The Hall–Kier alpha value is -0.370. The predicted octanol–water partition coefficient (Wildman–Crippen LogP) is 4.88. The van der Waals surface area contributed by atoms with Crippen LogP contribution in [-0.4, -0.2) is 16.5 Å². The normalized spacial score (nSPS) is 39.0. The summed E-state index contributed by atoms with van der Waals surface area (Å²) in [6, 6.07) is 0. The molecular weight excluding hydrogens is 272 g/mol. The van der Waals surface area contributed by atoms with Crippen LogP contribution in [0.15, 0.2) is 0 Å². The zero-order chi connectivity index (χ0) is 15.8. The van der Waals surface area contributed by atoms with Gasteiger partial charge in [-0.3, -0.25) is 4.79 Å². The van der Waals surface area contributed by atoms with Gasteiger partial charge in [-0.25, -0.2) is 0 Å². The van der Waals surface area contributed by atoms with Gasteiger partial charge in [0.1, 0.15) is 5.78 Å². The van der Waals surface area contributed by atoms with Crippen LogP contribution in [0.2, 0.25) is 0 Å². The molecule has 2 nitrogen and oxygen atoms in total. The minimum Gasteiger partial charge on any atom is -0.390 e. The lowest BCUT2D eigenvalue weighted by atomic mass is 9.62. The lowest BCUT2D eigenvalue weighted by molar-refractivity contribution is -0.130. The average molecular weight is 306 g/mol. The van der Waals surface area contributed by atoms with E-state index in [1.165, 1.54) is 32.1 Å². The second-order valence-corrected chi connectivity index (χ2v) is 8.86. The maximum atomic E-state index is 12.2. The molecule has 0 heterocycles. The van der Waals surface area contributed by atoms with Gasteiger partial charge in [-0.05, 0) is 62.2 Å². The van der Waals surface area contributed by atoms with Crippen molar-refractivity contribution in [3.8, 4) is 0 Å². The second kappa shape index (κ2) is 6.26. The Morgan fingerprint density at radius 1 is 1.18 bits per heavy atom. The number of hydrogen-bond acceptors (Lipinski definition) is 2. The maximum Gasteiger partial charge on any atom is 0.136 e. The summed E-state index contributed by atoms with van der Waals surface area (Å²) in [7, 11) is 0. The van der Waals surface area contributed by atoms with Crippen LogP contribution < -0.4 is 0 Å². The van der Waals surface area contributed by atoms with Crippen LogP contribution in [0.1, 0.15) is 90.9 Å². The smallest absolute Gasteiger partial charge is 0.136 e. The average Bonchev–Trinajstić information content (AvgIpc) is 3.03. The van der Waals surface area contributed by atoms with E-state index >= 15 is 0 Å². The van der Waals surface area contributed by atoms with Crippen molar-refractivity contribution in [1.29, 1.82) is 0 Å². The lowest BCUT2D eigenvalue weighted by Crippen LogP contribution is -2.39. The second-order valence-electron chi connectivity index (χ2n) is 8.86. The third kappa shape index (κ3) is 3.00. The number of aliphatic hydroxyl groups is 1. The quantitative estimate of drug-likeness (QED) is 0.785. The maximum absolute atomic E-state index is 12.2. The van der Waals surface area contributed by atoms with E-state index in [0.29, 0.717) is 17.6 Å². The van der Waals surface area contributed by atoms with Crippen molar-refractivity contribution >= 4 is 5.78 Å². The summed E-state index contributed by atoms with van der Waals surface area (Å²) in [5.41, 5.74) is -0.0678. The van der Waals surface area contributed by atoms with Crippen LogP contribution in [0.5, 0.6) is 0 Å². The Bertz CT molecular complexity index is 410. The molecule has 0 aromatic carbocycles. The summed E-state index contributed by atoms with van der Waals surface area (Å²) >= 11 is 0. The van der Waals surface area contributed by atoms with Crippen molar-refractivity contribution in [3.63, 3.8) is 0 Å². The van der Waals surface area contributed by atoms with Crippen molar-refractivity contribution in [1.82, 2.24) is 0 Å². The Morgan fingerprint density at radius 3 is 2.64 bits per heavy atom. The number of hydrogen-bond donors (Lipinski definition) is 1. The van der Waals surface area contributed by atoms with Crippen LogP contribution in [0.4, 0.5) is 0 Å². The molecule has 0 amide bonds. The van der Waals surface area contributed by atoms with Crippen molar-refractivity contribution in [2.75, 3.05) is 0 Å². The number of rotatable bonds is 5. The highest BCUT2D eigenvalue weighted by Gasteiger charge is 2.52. The summed E-state index contributed by atoms with van der Waals surface area (Å²) in [6.07, 6.45) is 13.4. The number of Topliss-reactive ketones (excluding diaryl/α,β-unsaturated/α-hetero) is 1. The SMILES string of the molecule is C[C@@H](CCCC1(O)CCCC1)C1CC[C@H]2C(=O)CCC[C@]12C. The van der Waals surface area contributed by atoms with Crippen LogP contribution in [-0.2, 0) is 4.79 Å². The van der Waals surface area contributed by atoms with Crippen molar-refractivity contribution < 1.29 is 9.90 Å². The van der Waals surface area contributed by atoms with E-state index < -0.39 is 0 Å². The fourth-order valence-electron chi connectivity index (χ4n) is 6.14. The van der Waals surface area contributed by atoms with E-state index in [2.05, 4.69) is 13.8 Å². The van der Waals surface area contributed by atoms with E-state index in [1.54, 1.807) is 0 Å². The van der Waals surface area contributed by atoms with E-state index in [4.69, 9.17) is 0 Å². The molecule has 3 rings (SSSR count). The summed E-state index contributed by atoms with van der Waals surface area (Å²) in [5.74, 6) is 2.32. The van der Waals surface area contributed by atoms with Crippen molar-refractivity contribution in [3.05, 3.63) is 0 Å². The van der Waals surface area contributed by atoms with Crippen LogP contribution in [0, 0.1) is 23.2 Å². The largest absolute Gasteiger partial charge is 0.390 e. The molecule has 0 bridgehead atoms. The van der Waals surface area contributed by atoms with Gasteiger partial charge in [0, 0.05) is 12.3 Å². The molecule has 126 valence electrons. The summed E-state index contributed by atoms with van der Waals surface area (Å²) in [5, 5.41) is 10.5. The zero-order valence-electron chi connectivity index (χ0n) is 14.6.